The van der Waals surface area contributed by atoms with E-state index in [2.05, 4.69) is 17.4 Å². The second-order valence-electron chi connectivity index (χ2n) is 9.54. The summed E-state index contributed by atoms with van der Waals surface area (Å²) < 4.78 is 11.3. The van der Waals surface area contributed by atoms with E-state index < -0.39 is 6.10 Å². The van der Waals surface area contributed by atoms with E-state index in [0.717, 1.165) is 40.4 Å². The lowest BCUT2D eigenvalue weighted by molar-refractivity contribution is 0.108. The average molecular weight is 499 g/mol. The van der Waals surface area contributed by atoms with Gasteiger partial charge in [-0.25, -0.2) is 9.97 Å². The number of rotatable bonds is 9. The van der Waals surface area contributed by atoms with Crippen molar-refractivity contribution in [3.8, 4) is 28.4 Å². The summed E-state index contributed by atoms with van der Waals surface area (Å²) in [5.74, 6) is 2.53. The Bertz CT molecular complexity index is 1140. The Kier molecular flexibility index (Phi) is 8.42. The van der Waals surface area contributed by atoms with Crippen LogP contribution in [0.4, 0.5) is 0 Å². The zero-order valence-electron chi connectivity index (χ0n) is 21.0. The van der Waals surface area contributed by atoms with E-state index >= 15 is 0 Å². The summed E-state index contributed by atoms with van der Waals surface area (Å²) >= 11 is 6.64. The van der Waals surface area contributed by atoms with Crippen LogP contribution in [0, 0.1) is 26.7 Å². The molecule has 1 aliphatic carbocycles. The molecule has 0 saturated heterocycles. The molecule has 0 bridgehead atoms. The lowest BCUT2D eigenvalue weighted by Crippen LogP contribution is -2.29. The summed E-state index contributed by atoms with van der Waals surface area (Å²) in [6.07, 6.45) is 6.66. The molecule has 1 fully saturated rings. The zero-order valence-corrected chi connectivity index (χ0v) is 21.8. The standard InChI is InChI=1S/C27H35ClN4O3/c1-16-24(12-19-8-6-5-7-9-19)30-27(31-26(16)25-17(2)32-35-18(25)3)22-13-21(10-11-23(22)28)34-15-20(33)14-29-4/h10-11,13,19-20,29,33H,5-9,12,14-15H2,1-4H3. The fourth-order valence-electron chi connectivity index (χ4n) is 4.86. The van der Waals surface area contributed by atoms with Crippen molar-refractivity contribution < 1.29 is 14.4 Å². The Labute approximate surface area is 212 Å². The van der Waals surface area contributed by atoms with Gasteiger partial charge in [-0.3, -0.25) is 0 Å². The van der Waals surface area contributed by atoms with Crippen LogP contribution in [0.2, 0.25) is 5.02 Å². The number of hydrogen-bond acceptors (Lipinski definition) is 7. The number of nitrogens with zero attached hydrogens (tertiary/aromatic N) is 3. The third-order valence-electron chi connectivity index (χ3n) is 6.78. The van der Waals surface area contributed by atoms with Crippen molar-refractivity contribution in [2.45, 2.75) is 65.4 Å². The van der Waals surface area contributed by atoms with Crippen molar-refractivity contribution in [3.63, 3.8) is 0 Å². The highest BCUT2D eigenvalue weighted by atomic mass is 35.5. The molecule has 7 nitrogen and oxygen atoms in total. The van der Waals surface area contributed by atoms with E-state index in [1.807, 2.05) is 19.9 Å². The summed E-state index contributed by atoms with van der Waals surface area (Å²) in [5, 5.41) is 17.7. The van der Waals surface area contributed by atoms with Crippen LogP contribution in [0.3, 0.4) is 0 Å². The molecule has 2 aromatic heterocycles. The molecule has 0 radical (unpaired) electrons. The number of hydrogen-bond donors (Lipinski definition) is 2. The summed E-state index contributed by atoms with van der Waals surface area (Å²) in [4.78, 5) is 10.0. The minimum Gasteiger partial charge on any atom is -0.491 e. The van der Waals surface area contributed by atoms with Gasteiger partial charge in [-0.2, -0.15) is 0 Å². The number of benzene rings is 1. The van der Waals surface area contributed by atoms with E-state index in [1.165, 1.54) is 32.1 Å². The third kappa shape index (κ3) is 6.02. The maximum Gasteiger partial charge on any atom is 0.161 e. The molecule has 0 aliphatic heterocycles. The molecule has 1 atom stereocenters. The highest BCUT2D eigenvalue weighted by Gasteiger charge is 2.23. The Hall–Kier alpha value is -2.48. The number of halogens is 1. The number of ether oxygens (including phenoxy) is 1. The summed E-state index contributed by atoms with van der Waals surface area (Å²) in [6, 6.07) is 5.43. The number of aryl methyl sites for hydroxylation is 2. The van der Waals surface area contributed by atoms with Crippen molar-refractivity contribution in [1.82, 2.24) is 20.4 Å². The lowest BCUT2D eigenvalue weighted by Gasteiger charge is -2.23. The van der Waals surface area contributed by atoms with Gasteiger partial charge in [0, 0.05) is 17.8 Å². The second kappa shape index (κ2) is 11.5. The van der Waals surface area contributed by atoms with Crippen molar-refractivity contribution in [1.29, 1.82) is 0 Å². The molecule has 8 heteroatoms. The second-order valence-corrected chi connectivity index (χ2v) is 9.95. The third-order valence-corrected chi connectivity index (χ3v) is 7.11. The molecular formula is C27H35ClN4O3. The predicted octanol–water partition coefficient (Wildman–Crippen LogP) is 5.46. The normalized spacial score (nSPS) is 15.4. The van der Waals surface area contributed by atoms with E-state index in [4.69, 9.17) is 30.8 Å². The molecule has 3 aromatic rings. The molecule has 0 amide bonds. The van der Waals surface area contributed by atoms with Gasteiger partial charge in [0.05, 0.1) is 22.0 Å². The van der Waals surface area contributed by atoms with Crippen molar-refractivity contribution >= 4 is 11.6 Å². The van der Waals surface area contributed by atoms with Crippen LogP contribution in [0.15, 0.2) is 22.7 Å². The number of nitrogens with one attached hydrogen (secondary N) is 1. The van der Waals surface area contributed by atoms with Crippen LogP contribution in [0.5, 0.6) is 5.75 Å². The van der Waals surface area contributed by atoms with Crippen molar-refractivity contribution in [2.24, 2.45) is 5.92 Å². The fourth-order valence-corrected chi connectivity index (χ4v) is 5.07. The highest BCUT2D eigenvalue weighted by molar-refractivity contribution is 6.33. The first kappa shape index (κ1) is 25.6. The molecule has 4 rings (SSSR count). The largest absolute Gasteiger partial charge is 0.491 e. The maximum absolute atomic E-state index is 10.0. The van der Waals surface area contributed by atoms with Crippen molar-refractivity contribution in [2.75, 3.05) is 20.2 Å². The van der Waals surface area contributed by atoms with E-state index in [9.17, 15) is 5.11 Å². The van der Waals surface area contributed by atoms with Gasteiger partial charge in [0.25, 0.3) is 0 Å². The van der Waals surface area contributed by atoms with Crippen LogP contribution in [-0.4, -0.2) is 46.5 Å². The Morgan fingerprint density at radius 2 is 1.94 bits per heavy atom. The van der Waals surface area contributed by atoms with Gasteiger partial charge in [-0.05, 0) is 63.9 Å². The maximum atomic E-state index is 10.0. The molecule has 1 aromatic carbocycles. The van der Waals surface area contributed by atoms with Gasteiger partial charge in [-0.15, -0.1) is 0 Å². The van der Waals surface area contributed by atoms with Gasteiger partial charge in [-0.1, -0.05) is 48.9 Å². The fraction of sp³-hybridized carbons (Fsp3) is 0.519. The summed E-state index contributed by atoms with van der Waals surface area (Å²) in [6.45, 7) is 6.56. The van der Waals surface area contributed by atoms with E-state index in [1.54, 1.807) is 19.2 Å². The number of likely N-dealkylation sites (N-methyl/N-ethyl adjacent to an activating group) is 1. The quantitative estimate of drug-likeness (QED) is 0.404. The molecule has 1 aliphatic rings. The average Bonchev–Trinajstić information content (AvgIpc) is 3.18. The van der Waals surface area contributed by atoms with E-state index in [-0.39, 0.29) is 6.61 Å². The Morgan fingerprint density at radius 1 is 1.17 bits per heavy atom. The van der Waals surface area contributed by atoms with Gasteiger partial charge in [0.2, 0.25) is 0 Å². The first-order valence-electron chi connectivity index (χ1n) is 12.4. The topological polar surface area (TPSA) is 93.3 Å². The minimum absolute atomic E-state index is 0.175. The Morgan fingerprint density at radius 3 is 2.63 bits per heavy atom. The van der Waals surface area contributed by atoms with E-state index in [0.29, 0.717) is 34.6 Å². The number of aliphatic hydroxyl groups is 1. The minimum atomic E-state index is -0.608. The molecule has 2 heterocycles. The van der Waals surface area contributed by atoms with Crippen LogP contribution in [-0.2, 0) is 6.42 Å². The Balaban J connectivity index is 1.76. The highest BCUT2D eigenvalue weighted by Crippen LogP contribution is 2.36. The van der Waals surface area contributed by atoms with Crippen LogP contribution in [0.1, 0.15) is 54.8 Å². The molecular weight excluding hydrogens is 464 g/mol. The molecule has 1 saturated carbocycles. The monoisotopic (exact) mass is 498 g/mol. The van der Waals surface area contributed by atoms with Gasteiger partial charge >= 0.3 is 0 Å². The molecule has 2 N–H and O–H groups in total. The molecule has 0 spiro atoms. The zero-order chi connectivity index (χ0) is 24.9. The van der Waals surface area contributed by atoms with Gasteiger partial charge in [0.1, 0.15) is 24.2 Å². The molecule has 188 valence electrons. The van der Waals surface area contributed by atoms with Crippen LogP contribution >= 0.6 is 11.6 Å². The molecule has 35 heavy (non-hydrogen) atoms. The summed E-state index contributed by atoms with van der Waals surface area (Å²) in [5.41, 5.74) is 5.36. The van der Waals surface area contributed by atoms with Crippen molar-refractivity contribution in [3.05, 3.63) is 45.9 Å². The van der Waals surface area contributed by atoms with Crippen LogP contribution < -0.4 is 10.1 Å². The van der Waals surface area contributed by atoms with Gasteiger partial charge in [0.15, 0.2) is 5.82 Å². The predicted molar refractivity (Wildman–Crippen MR) is 138 cm³/mol. The van der Waals surface area contributed by atoms with Crippen LogP contribution in [0.25, 0.3) is 22.6 Å². The first-order valence-corrected chi connectivity index (χ1v) is 12.8. The first-order chi connectivity index (χ1) is 16.9. The smallest absolute Gasteiger partial charge is 0.161 e. The molecule has 1 unspecified atom stereocenters. The number of aliphatic hydroxyl groups excluding tert-OH is 1. The SMILES string of the molecule is CNCC(O)COc1ccc(Cl)c(-c2nc(CC3CCCCC3)c(C)c(-c3c(C)noc3C)n2)c1. The lowest BCUT2D eigenvalue weighted by atomic mass is 9.85. The number of aromatic nitrogens is 3. The summed E-state index contributed by atoms with van der Waals surface area (Å²) in [7, 11) is 1.79. The van der Waals surface area contributed by atoms with Gasteiger partial charge < -0.3 is 19.7 Å².